The SMILES string of the molecule is COc1ccc(-c2n[nH]c3c2CN(C(=O)c2ccc4c(c2)OCO4)CC3)cc1. The van der Waals surface area contributed by atoms with Crippen molar-refractivity contribution >= 4 is 5.91 Å². The van der Waals surface area contributed by atoms with Crippen LogP contribution < -0.4 is 14.2 Å². The maximum atomic E-state index is 13.0. The maximum Gasteiger partial charge on any atom is 0.254 e. The Labute approximate surface area is 161 Å². The number of H-pyrrole nitrogens is 1. The minimum Gasteiger partial charge on any atom is -0.497 e. The van der Waals surface area contributed by atoms with Crippen LogP contribution in [-0.2, 0) is 13.0 Å². The van der Waals surface area contributed by atoms with Crippen LogP contribution in [0.3, 0.4) is 0 Å². The van der Waals surface area contributed by atoms with E-state index >= 15 is 0 Å². The van der Waals surface area contributed by atoms with Crippen LogP contribution in [0.4, 0.5) is 0 Å². The van der Waals surface area contributed by atoms with E-state index in [4.69, 9.17) is 14.2 Å². The van der Waals surface area contributed by atoms with Gasteiger partial charge in [0.15, 0.2) is 11.5 Å². The summed E-state index contributed by atoms with van der Waals surface area (Å²) in [6, 6.07) is 13.1. The van der Waals surface area contributed by atoms with E-state index in [-0.39, 0.29) is 12.7 Å². The molecule has 5 rings (SSSR count). The first-order valence-corrected chi connectivity index (χ1v) is 9.12. The largest absolute Gasteiger partial charge is 0.497 e. The number of benzene rings is 2. The fourth-order valence-corrected chi connectivity index (χ4v) is 3.67. The first kappa shape index (κ1) is 16.7. The van der Waals surface area contributed by atoms with Crippen LogP contribution in [-0.4, -0.2) is 41.5 Å². The van der Waals surface area contributed by atoms with Crippen LogP contribution in [0.1, 0.15) is 21.6 Å². The molecule has 1 N–H and O–H groups in total. The summed E-state index contributed by atoms with van der Waals surface area (Å²) in [4.78, 5) is 14.9. The summed E-state index contributed by atoms with van der Waals surface area (Å²) in [5.41, 5.74) is 4.62. The number of ether oxygens (including phenoxy) is 3. The summed E-state index contributed by atoms with van der Waals surface area (Å²) in [5, 5.41) is 7.63. The van der Waals surface area contributed by atoms with E-state index < -0.39 is 0 Å². The fourth-order valence-electron chi connectivity index (χ4n) is 3.67. The predicted octanol–water partition coefficient (Wildman–Crippen LogP) is 3.01. The van der Waals surface area contributed by atoms with E-state index in [1.165, 1.54) is 0 Å². The molecule has 3 heterocycles. The van der Waals surface area contributed by atoms with E-state index in [1.807, 2.05) is 29.2 Å². The number of amides is 1. The minimum absolute atomic E-state index is 0.0224. The number of carbonyl (C=O) groups is 1. The van der Waals surface area contributed by atoms with Gasteiger partial charge in [-0.2, -0.15) is 5.10 Å². The zero-order valence-corrected chi connectivity index (χ0v) is 15.4. The molecule has 7 heteroatoms. The second kappa shape index (κ2) is 6.60. The Morgan fingerprint density at radius 2 is 1.96 bits per heavy atom. The van der Waals surface area contributed by atoms with Crippen molar-refractivity contribution in [1.82, 2.24) is 15.1 Å². The number of methoxy groups -OCH3 is 1. The standard InChI is InChI=1S/C21H19N3O4/c1-26-15-5-2-13(3-6-15)20-16-11-24(9-8-17(16)22-23-20)21(25)14-4-7-18-19(10-14)28-12-27-18/h2-7,10H,8-9,11-12H2,1H3,(H,22,23). The van der Waals surface area contributed by atoms with E-state index in [1.54, 1.807) is 25.3 Å². The fraction of sp³-hybridized carbons (Fsp3) is 0.238. The number of nitrogens with one attached hydrogen (secondary N) is 1. The Bertz CT molecular complexity index is 1040. The minimum atomic E-state index is -0.0224. The number of carbonyl (C=O) groups excluding carboxylic acids is 1. The summed E-state index contributed by atoms with van der Waals surface area (Å²) < 4.78 is 16.0. The quantitative estimate of drug-likeness (QED) is 0.759. The van der Waals surface area contributed by atoms with Crippen LogP contribution in [0.5, 0.6) is 17.2 Å². The molecule has 0 saturated heterocycles. The van der Waals surface area contributed by atoms with E-state index in [0.29, 0.717) is 30.2 Å². The average molecular weight is 377 g/mol. The van der Waals surface area contributed by atoms with E-state index in [0.717, 1.165) is 34.7 Å². The van der Waals surface area contributed by atoms with Crippen LogP contribution >= 0.6 is 0 Å². The molecule has 1 aromatic heterocycles. The molecular weight excluding hydrogens is 358 g/mol. The predicted molar refractivity (Wildman–Crippen MR) is 102 cm³/mol. The zero-order chi connectivity index (χ0) is 19.1. The molecule has 1 amide bonds. The Morgan fingerprint density at radius 3 is 2.79 bits per heavy atom. The maximum absolute atomic E-state index is 13.0. The molecule has 2 aromatic carbocycles. The lowest BCUT2D eigenvalue weighted by atomic mass is 10.00. The van der Waals surface area contributed by atoms with E-state index in [9.17, 15) is 4.79 Å². The van der Waals surface area contributed by atoms with Gasteiger partial charge in [0.25, 0.3) is 5.91 Å². The number of rotatable bonds is 3. The normalized spacial score (nSPS) is 14.7. The van der Waals surface area contributed by atoms with Gasteiger partial charge in [-0.15, -0.1) is 0 Å². The summed E-state index contributed by atoms with van der Waals surface area (Å²) in [5.74, 6) is 2.07. The summed E-state index contributed by atoms with van der Waals surface area (Å²) >= 11 is 0. The second-order valence-electron chi connectivity index (χ2n) is 6.80. The molecular formula is C21H19N3O4. The zero-order valence-electron chi connectivity index (χ0n) is 15.4. The van der Waals surface area contributed by atoms with Crippen molar-refractivity contribution in [2.75, 3.05) is 20.4 Å². The van der Waals surface area contributed by atoms with Crippen LogP contribution in [0.2, 0.25) is 0 Å². The molecule has 0 saturated carbocycles. The van der Waals surface area contributed by atoms with Crippen LogP contribution in [0, 0.1) is 0 Å². The lowest BCUT2D eigenvalue weighted by Crippen LogP contribution is -2.35. The van der Waals surface area contributed by atoms with Crippen molar-refractivity contribution in [2.45, 2.75) is 13.0 Å². The summed E-state index contributed by atoms with van der Waals surface area (Å²) in [6.07, 6.45) is 0.745. The lowest BCUT2D eigenvalue weighted by Gasteiger charge is -2.27. The van der Waals surface area contributed by atoms with Gasteiger partial charge in [-0.3, -0.25) is 9.89 Å². The molecule has 0 atom stereocenters. The van der Waals surface area contributed by atoms with Crippen molar-refractivity contribution in [1.29, 1.82) is 0 Å². The Morgan fingerprint density at radius 1 is 1.14 bits per heavy atom. The van der Waals surface area contributed by atoms with Gasteiger partial charge < -0.3 is 19.1 Å². The van der Waals surface area contributed by atoms with Gasteiger partial charge in [0.2, 0.25) is 6.79 Å². The van der Waals surface area contributed by atoms with Gasteiger partial charge in [-0.25, -0.2) is 0 Å². The number of hydrogen-bond acceptors (Lipinski definition) is 5. The first-order chi connectivity index (χ1) is 13.7. The number of hydrogen-bond donors (Lipinski definition) is 1. The number of aromatic nitrogens is 2. The highest BCUT2D eigenvalue weighted by Crippen LogP contribution is 2.34. The van der Waals surface area contributed by atoms with E-state index in [2.05, 4.69) is 10.2 Å². The van der Waals surface area contributed by atoms with Gasteiger partial charge in [0, 0.05) is 41.9 Å². The molecule has 142 valence electrons. The Hall–Kier alpha value is -3.48. The third-order valence-corrected chi connectivity index (χ3v) is 5.20. The van der Waals surface area contributed by atoms with Crippen molar-refractivity contribution in [2.24, 2.45) is 0 Å². The third kappa shape index (κ3) is 2.76. The highest BCUT2D eigenvalue weighted by Gasteiger charge is 2.27. The third-order valence-electron chi connectivity index (χ3n) is 5.20. The molecule has 0 bridgehead atoms. The number of fused-ring (bicyclic) bond motifs is 2. The highest BCUT2D eigenvalue weighted by atomic mass is 16.7. The monoisotopic (exact) mass is 377 g/mol. The second-order valence-corrected chi connectivity index (χ2v) is 6.80. The van der Waals surface area contributed by atoms with Gasteiger partial charge in [0.1, 0.15) is 5.75 Å². The topological polar surface area (TPSA) is 76.7 Å². The van der Waals surface area contributed by atoms with Gasteiger partial charge in [-0.1, -0.05) is 0 Å². The molecule has 28 heavy (non-hydrogen) atoms. The van der Waals surface area contributed by atoms with Crippen molar-refractivity contribution in [3.8, 4) is 28.5 Å². The molecule has 0 spiro atoms. The molecule has 0 unspecified atom stereocenters. The van der Waals surface area contributed by atoms with Crippen molar-refractivity contribution < 1.29 is 19.0 Å². The Kier molecular flexibility index (Phi) is 3.93. The number of aromatic amines is 1. The molecule has 0 aliphatic carbocycles. The van der Waals surface area contributed by atoms with Crippen molar-refractivity contribution in [3.05, 3.63) is 59.3 Å². The van der Waals surface area contributed by atoms with Gasteiger partial charge in [0.05, 0.1) is 12.8 Å². The number of nitrogens with zero attached hydrogens (tertiary/aromatic N) is 2. The van der Waals surface area contributed by atoms with Crippen LogP contribution in [0.25, 0.3) is 11.3 Å². The molecule has 2 aliphatic heterocycles. The van der Waals surface area contributed by atoms with Gasteiger partial charge in [-0.05, 0) is 42.5 Å². The molecule has 7 nitrogen and oxygen atoms in total. The molecule has 2 aliphatic rings. The lowest BCUT2D eigenvalue weighted by molar-refractivity contribution is 0.0734. The highest BCUT2D eigenvalue weighted by molar-refractivity contribution is 5.95. The smallest absolute Gasteiger partial charge is 0.254 e. The van der Waals surface area contributed by atoms with Crippen LogP contribution in [0.15, 0.2) is 42.5 Å². The van der Waals surface area contributed by atoms with Gasteiger partial charge >= 0.3 is 0 Å². The average Bonchev–Trinajstić information content (AvgIpc) is 3.39. The molecule has 0 radical (unpaired) electrons. The molecule has 3 aromatic rings. The van der Waals surface area contributed by atoms with Crippen molar-refractivity contribution in [3.63, 3.8) is 0 Å². The Balaban J connectivity index is 1.41. The summed E-state index contributed by atoms with van der Waals surface area (Å²) in [6.45, 7) is 1.35. The molecule has 0 fully saturated rings. The summed E-state index contributed by atoms with van der Waals surface area (Å²) in [7, 11) is 1.64. The first-order valence-electron chi connectivity index (χ1n) is 9.12.